The molecule has 0 saturated heterocycles. The van der Waals surface area contributed by atoms with E-state index in [1.165, 1.54) is 31.9 Å². The lowest BCUT2D eigenvalue weighted by Crippen LogP contribution is -2.72. The number of hydrogen-bond donors (Lipinski definition) is 0. The van der Waals surface area contributed by atoms with Gasteiger partial charge in [0.15, 0.2) is 8.07 Å². The zero-order valence-electron chi connectivity index (χ0n) is 31.7. The lowest BCUT2D eigenvalue weighted by atomic mass is 10.0. The van der Waals surface area contributed by atoms with E-state index >= 15 is 0 Å². The van der Waals surface area contributed by atoms with Crippen LogP contribution in [0.2, 0.25) is 0 Å². The van der Waals surface area contributed by atoms with Crippen molar-refractivity contribution in [1.82, 2.24) is 0 Å². The van der Waals surface area contributed by atoms with Crippen LogP contribution in [0, 0.1) is 0 Å². The third-order valence-corrected chi connectivity index (χ3v) is 16.6. The lowest BCUT2D eigenvalue weighted by Gasteiger charge is -2.33. The summed E-state index contributed by atoms with van der Waals surface area (Å²) in [4.78, 5) is 4.75. The zero-order chi connectivity index (χ0) is 38.5. The van der Waals surface area contributed by atoms with E-state index in [0.29, 0.717) is 0 Å². The molecule has 4 heteroatoms. The fourth-order valence-electron chi connectivity index (χ4n) is 9.23. The fraction of sp³-hybridized carbons (Fsp3) is 0. The van der Waals surface area contributed by atoms with Crippen molar-refractivity contribution in [3.63, 3.8) is 0 Å². The van der Waals surface area contributed by atoms with Gasteiger partial charge in [-0.25, -0.2) is 0 Å². The molecule has 0 fully saturated rings. The highest BCUT2D eigenvalue weighted by Gasteiger charge is 2.49. The summed E-state index contributed by atoms with van der Waals surface area (Å²) in [5, 5.41) is 7.76. The summed E-state index contributed by atoms with van der Waals surface area (Å²) >= 11 is 0. The minimum absolute atomic E-state index is 0.874. The highest BCUT2D eigenvalue weighted by molar-refractivity contribution is 7.22. The molecular weight excluding hydrogens is 721 g/mol. The van der Waals surface area contributed by atoms with Crippen molar-refractivity contribution in [2.45, 2.75) is 0 Å². The van der Waals surface area contributed by atoms with E-state index in [1.54, 1.807) is 0 Å². The number of anilines is 6. The fourth-order valence-corrected chi connectivity index (χ4v) is 14.4. The Bertz CT molecular complexity index is 2980. The van der Waals surface area contributed by atoms with Crippen molar-refractivity contribution in [2.24, 2.45) is 0 Å². The number of para-hydroxylation sites is 4. The van der Waals surface area contributed by atoms with Gasteiger partial charge in [0.2, 0.25) is 0 Å². The summed E-state index contributed by atoms with van der Waals surface area (Å²) in [6.07, 6.45) is 0. The predicted molar refractivity (Wildman–Crippen MR) is 246 cm³/mol. The molecule has 58 heavy (non-hydrogen) atoms. The maximum atomic E-state index is 6.45. The van der Waals surface area contributed by atoms with E-state index < -0.39 is 8.07 Å². The summed E-state index contributed by atoms with van der Waals surface area (Å²) in [5.41, 5.74) is 10.9. The molecule has 0 unspecified atom stereocenters. The average molecular weight is 759 g/mol. The number of fused-ring (bicyclic) bond motifs is 6. The molecule has 0 spiro atoms. The molecule has 9 aromatic carbocycles. The lowest BCUT2D eigenvalue weighted by molar-refractivity contribution is 0.669. The number of rotatable bonds is 8. The van der Waals surface area contributed by atoms with Crippen molar-refractivity contribution in [2.75, 3.05) is 9.80 Å². The SMILES string of the molecule is c1ccc(N(c2ccccc2)c2ccc3c(c2)-c2ccc(N(c4ccccc4)c4ccc5c(c4)oc4ccccc45)cc2[Si]3(c2ccccc2)c2ccccc2)cc1. The van der Waals surface area contributed by atoms with Gasteiger partial charge in [-0.05, 0) is 111 Å². The Kier molecular flexibility index (Phi) is 8.16. The van der Waals surface area contributed by atoms with Gasteiger partial charge < -0.3 is 14.2 Å². The van der Waals surface area contributed by atoms with Gasteiger partial charge >= 0.3 is 0 Å². The van der Waals surface area contributed by atoms with Crippen LogP contribution in [0.1, 0.15) is 0 Å². The second kappa shape index (κ2) is 14.0. The molecule has 2 heterocycles. The van der Waals surface area contributed by atoms with Crippen LogP contribution in [0.4, 0.5) is 34.1 Å². The van der Waals surface area contributed by atoms with Crippen LogP contribution >= 0.6 is 0 Å². The van der Waals surface area contributed by atoms with Crippen LogP contribution in [0.5, 0.6) is 0 Å². The van der Waals surface area contributed by atoms with Crippen molar-refractivity contribution in [3.05, 3.63) is 231 Å². The molecular formula is C54H38N2OSi. The molecule has 10 aromatic rings. The highest BCUT2D eigenvalue weighted by Crippen LogP contribution is 2.42. The smallest absolute Gasteiger partial charge is 0.180 e. The number of nitrogens with zero attached hydrogens (tertiary/aromatic N) is 2. The average Bonchev–Trinajstić information content (AvgIpc) is 3.81. The first kappa shape index (κ1) is 33.9. The van der Waals surface area contributed by atoms with Gasteiger partial charge in [-0.3, -0.25) is 0 Å². The summed E-state index contributed by atoms with van der Waals surface area (Å²) in [5.74, 6) is 0. The van der Waals surface area contributed by atoms with E-state index in [2.05, 4.69) is 228 Å². The maximum absolute atomic E-state index is 6.45. The molecule has 274 valence electrons. The molecule has 0 bridgehead atoms. The van der Waals surface area contributed by atoms with Crippen LogP contribution in [0.15, 0.2) is 235 Å². The first-order valence-corrected chi connectivity index (χ1v) is 21.8. The molecule has 0 atom stereocenters. The first-order chi connectivity index (χ1) is 28.8. The predicted octanol–water partition coefficient (Wildman–Crippen LogP) is 11.9. The number of benzene rings is 9. The van der Waals surface area contributed by atoms with Gasteiger partial charge in [0.1, 0.15) is 11.2 Å². The first-order valence-electron chi connectivity index (χ1n) is 19.8. The van der Waals surface area contributed by atoms with E-state index in [0.717, 1.165) is 56.1 Å². The number of hydrogen-bond acceptors (Lipinski definition) is 3. The van der Waals surface area contributed by atoms with E-state index in [4.69, 9.17) is 4.42 Å². The van der Waals surface area contributed by atoms with Gasteiger partial charge in [0.05, 0.1) is 0 Å². The molecule has 0 saturated carbocycles. The Morgan fingerprint density at radius 1 is 0.293 bits per heavy atom. The summed E-state index contributed by atoms with van der Waals surface area (Å²) in [6.45, 7) is 0. The second-order valence-corrected chi connectivity index (χ2v) is 18.6. The molecule has 1 aliphatic rings. The van der Waals surface area contributed by atoms with E-state index in [1.807, 2.05) is 12.1 Å². The van der Waals surface area contributed by atoms with Crippen LogP contribution in [0.25, 0.3) is 33.1 Å². The molecule has 1 aromatic heterocycles. The van der Waals surface area contributed by atoms with Crippen LogP contribution in [-0.2, 0) is 0 Å². The van der Waals surface area contributed by atoms with Gasteiger partial charge in [0.25, 0.3) is 0 Å². The molecule has 0 amide bonds. The normalized spacial score (nSPS) is 12.6. The standard InChI is InChI=1S/C54H38N2OSi/c1-6-18-39(19-7-1)55(40-20-8-2-9-21-40)42-32-35-53-50(36-42)49-34-31-44(38-54(49)58(53,45-24-12-4-13-25-45)46-26-14-5-15-27-46)56(41-22-10-3-11-23-41)43-30-33-48-47-28-16-17-29-51(47)57-52(48)37-43/h1-38H. The third-order valence-electron chi connectivity index (χ3n) is 11.7. The molecule has 11 rings (SSSR count). The molecule has 0 radical (unpaired) electrons. The summed E-state index contributed by atoms with van der Waals surface area (Å²) < 4.78 is 6.45. The monoisotopic (exact) mass is 758 g/mol. The summed E-state index contributed by atoms with van der Waals surface area (Å²) in [6, 6.07) is 83.8. The molecule has 3 nitrogen and oxygen atoms in total. The maximum Gasteiger partial charge on any atom is 0.180 e. The largest absolute Gasteiger partial charge is 0.456 e. The Balaban J connectivity index is 1.17. The Labute approximate surface area is 339 Å². The minimum atomic E-state index is -2.85. The molecule has 0 aliphatic carbocycles. The van der Waals surface area contributed by atoms with Crippen LogP contribution < -0.4 is 30.5 Å². The van der Waals surface area contributed by atoms with Gasteiger partial charge in [-0.1, -0.05) is 146 Å². The van der Waals surface area contributed by atoms with Crippen LogP contribution in [-0.4, -0.2) is 8.07 Å². The van der Waals surface area contributed by atoms with Crippen molar-refractivity contribution in [1.29, 1.82) is 0 Å². The molecule has 0 N–H and O–H groups in total. The van der Waals surface area contributed by atoms with Gasteiger partial charge in [-0.15, -0.1) is 0 Å². The minimum Gasteiger partial charge on any atom is -0.456 e. The Hall–Kier alpha value is -7.40. The second-order valence-electron chi connectivity index (χ2n) is 14.9. The summed E-state index contributed by atoms with van der Waals surface area (Å²) in [7, 11) is -2.85. The number of furan rings is 1. The topological polar surface area (TPSA) is 19.6 Å². The van der Waals surface area contributed by atoms with Crippen molar-refractivity contribution in [3.8, 4) is 11.1 Å². The quantitative estimate of drug-likeness (QED) is 0.144. The van der Waals surface area contributed by atoms with Crippen LogP contribution in [0.3, 0.4) is 0 Å². The van der Waals surface area contributed by atoms with E-state index in [9.17, 15) is 0 Å². The van der Waals surface area contributed by atoms with Crippen molar-refractivity contribution >= 4 is 84.9 Å². The Morgan fingerprint density at radius 3 is 1.34 bits per heavy atom. The van der Waals surface area contributed by atoms with Crippen molar-refractivity contribution < 1.29 is 4.42 Å². The third kappa shape index (κ3) is 5.41. The van der Waals surface area contributed by atoms with Gasteiger partial charge in [0, 0.05) is 51.0 Å². The highest BCUT2D eigenvalue weighted by atomic mass is 28.3. The van der Waals surface area contributed by atoms with Gasteiger partial charge in [-0.2, -0.15) is 0 Å². The molecule has 1 aliphatic heterocycles. The zero-order valence-corrected chi connectivity index (χ0v) is 32.7. The Morgan fingerprint density at radius 2 is 0.741 bits per heavy atom. The van der Waals surface area contributed by atoms with E-state index in [-0.39, 0.29) is 0 Å².